The molecule has 0 spiro atoms. The van der Waals surface area contributed by atoms with E-state index < -0.39 is 15.1 Å². The van der Waals surface area contributed by atoms with Crippen LogP contribution in [0.5, 0.6) is 11.5 Å². The summed E-state index contributed by atoms with van der Waals surface area (Å²) in [6, 6.07) is 12.9. The molecule has 2 aliphatic rings. The fourth-order valence-corrected chi connectivity index (χ4v) is 4.91. The zero-order valence-corrected chi connectivity index (χ0v) is 11.4. The predicted molar refractivity (Wildman–Crippen MR) is 73.5 cm³/mol. The van der Waals surface area contributed by atoms with Crippen molar-refractivity contribution in [3.05, 3.63) is 59.2 Å². The normalized spacial score (nSPS) is 21.7. The number of hydrogen-bond donors (Lipinski definition) is 0. The van der Waals surface area contributed by atoms with Gasteiger partial charge in [-0.05, 0) is 28.8 Å². The van der Waals surface area contributed by atoms with Crippen LogP contribution in [0.4, 0.5) is 0 Å². The Balaban J connectivity index is 1.93. The van der Waals surface area contributed by atoms with Crippen molar-refractivity contribution in [2.24, 2.45) is 0 Å². The van der Waals surface area contributed by atoms with Gasteiger partial charge >= 0.3 is 0 Å². The molecule has 2 heterocycles. The Labute approximate surface area is 116 Å². The van der Waals surface area contributed by atoms with E-state index in [0.717, 1.165) is 16.7 Å². The van der Waals surface area contributed by atoms with E-state index in [9.17, 15) is 8.42 Å². The molecule has 2 aliphatic heterocycles. The summed E-state index contributed by atoms with van der Waals surface area (Å²) >= 11 is 0. The number of hydrogen-bond acceptors (Lipinski definition) is 4. The van der Waals surface area contributed by atoms with Crippen LogP contribution < -0.4 is 9.47 Å². The van der Waals surface area contributed by atoms with E-state index in [1.165, 1.54) is 0 Å². The first-order valence-corrected chi connectivity index (χ1v) is 8.06. The fourth-order valence-electron chi connectivity index (χ4n) is 2.88. The molecule has 2 aromatic rings. The molecular formula is C15H12O4S. The van der Waals surface area contributed by atoms with Crippen LogP contribution >= 0.6 is 0 Å². The molecule has 4 rings (SSSR count). The monoisotopic (exact) mass is 288 g/mol. The number of ether oxygens (including phenoxy) is 2. The molecule has 0 bridgehead atoms. The molecule has 2 aromatic carbocycles. The molecule has 0 fully saturated rings. The molecule has 4 nitrogen and oxygen atoms in total. The van der Waals surface area contributed by atoms with Crippen molar-refractivity contribution < 1.29 is 17.9 Å². The fraction of sp³-hybridized carbons (Fsp3) is 0.200. The molecule has 102 valence electrons. The van der Waals surface area contributed by atoms with Gasteiger partial charge in [-0.2, -0.15) is 0 Å². The summed E-state index contributed by atoms with van der Waals surface area (Å²) in [5, 5.41) is -0.604. The van der Waals surface area contributed by atoms with Crippen LogP contribution in [-0.4, -0.2) is 15.2 Å². The second-order valence-corrected chi connectivity index (χ2v) is 7.09. The Morgan fingerprint density at radius 1 is 1.00 bits per heavy atom. The van der Waals surface area contributed by atoms with Gasteiger partial charge in [-0.3, -0.25) is 0 Å². The first kappa shape index (κ1) is 11.8. The van der Waals surface area contributed by atoms with Crippen LogP contribution in [0.15, 0.2) is 42.5 Å². The van der Waals surface area contributed by atoms with Gasteiger partial charge in [-0.25, -0.2) is 8.42 Å². The van der Waals surface area contributed by atoms with Gasteiger partial charge in [0.25, 0.3) is 0 Å². The predicted octanol–water partition coefficient (Wildman–Crippen LogP) is 2.43. The van der Waals surface area contributed by atoms with Crippen molar-refractivity contribution in [3.8, 4) is 11.5 Å². The number of sulfone groups is 1. The highest BCUT2D eigenvalue weighted by Crippen LogP contribution is 2.46. The largest absolute Gasteiger partial charge is 0.454 e. The van der Waals surface area contributed by atoms with Crippen LogP contribution in [-0.2, 0) is 15.6 Å². The molecule has 0 N–H and O–H groups in total. The number of fused-ring (bicyclic) bond motifs is 2. The second-order valence-electron chi connectivity index (χ2n) is 5.00. The Morgan fingerprint density at radius 3 is 2.45 bits per heavy atom. The van der Waals surface area contributed by atoms with Crippen LogP contribution in [0.1, 0.15) is 21.9 Å². The van der Waals surface area contributed by atoms with E-state index in [1.807, 2.05) is 30.3 Å². The van der Waals surface area contributed by atoms with Crippen molar-refractivity contribution in [1.29, 1.82) is 0 Å². The van der Waals surface area contributed by atoms with E-state index >= 15 is 0 Å². The molecule has 1 unspecified atom stereocenters. The molecule has 1 atom stereocenters. The van der Waals surface area contributed by atoms with Gasteiger partial charge in [-0.15, -0.1) is 0 Å². The molecule has 20 heavy (non-hydrogen) atoms. The highest BCUT2D eigenvalue weighted by Gasteiger charge is 2.39. The summed E-state index contributed by atoms with van der Waals surface area (Å²) in [6.45, 7) is 0.195. The maximum absolute atomic E-state index is 12.5. The molecule has 0 amide bonds. The van der Waals surface area contributed by atoms with Gasteiger partial charge < -0.3 is 9.47 Å². The maximum Gasteiger partial charge on any atom is 0.231 e. The van der Waals surface area contributed by atoms with Crippen molar-refractivity contribution in [3.63, 3.8) is 0 Å². The molecule has 5 heteroatoms. The Bertz CT molecular complexity index is 781. The van der Waals surface area contributed by atoms with Gasteiger partial charge in [-0.1, -0.05) is 30.3 Å². The van der Waals surface area contributed by atoms with Gasteiger partial charge in [0.1, 0.15) is 5.25 Å². The molecule has 0 saturated carbocycles. The molecule has 0 aromatic heterocycles. The van der Waals surface area contributed by atoms with Gasteiger partial charge in [0.15, 0.2) is 21.3 Å². The zero-order chi connectivity index (χ0) is 13.7. The maximum atomic E-state index is 12.5. The van der Waals surface area contributed by atoms with Gasteiger partial charge in [0.05, 0.1) is 5.75 Å². The van der Waals surface area contributed by atoms with Crippen LogP contribution in [0.2, 0.25) is 0 Å². The van der Waals surface area contributed by atoms with Gasteiger partial charge in [0, 0.05) is 0 Å². The van der Waals surface area contributed by atoms with E-state index in [0.29, 0.717) is 11.5 Å². The van der Waals surface area contributed by atoms with Crippen LogP contribution in [0.25, 0.3) is 0 Å². The van der Waals surface area contributed by atoms with Crippen LogP contribution in [0, 0.1) is 0 Å². The van der Waals surface area contributed by atoms with E-state index in [4.69, 9.17) is 9.47 Å². The minimum absolute atomic E-state index is 0.0541. The third kappa shape index (κ3) is 1.63. The summed E-state index contributed by atoms with van der Waals surface area (Å²) in [5.41, 5.74) is 2.41. The standard InChI is InChI=1S/C15H12O4S/c16-20(17)8-11-6-13-14(19-9-18-13)7-12(11)15(20)10-4-2-1-3-5-10/h1-7,15H,8-9H2. The molecule has 0 saturated heterocycles. The molecule has 0 radical (unpaired) electrons. The quantitative estimate of drug-likeness (QED) is 0.808. The average Bonchev–Trinajstić information content (AvgIpc) is 2.96. The lowest BCUT2D eigenvalue weighted by molar-refractivity contribution is 0.174. The Kier molecular flexibility index (Phi) is 2.35. The minimum Gasteiger partial charge on any atom is -0.454 e. The van der Waals surface area contributed by atoms with E-state index in [2.05, 4.69) is 0 Å². The molecule has 0 aliphatic carbocycles. The van der Waals surface area contributed by atoms with Gasteiger partial charge in [0.2, 0.25) is 6.79 Å². The Hall–Kier alpha value is -2.01. The van der Waals surface area contributed by atoms with E-state index in [1.54, 1.807) is 12.1 Å². The summed E-state index contributed by atoms with van der Waals surface area (Å²) in [4.78, 5) is 0. The van der Waals surface area contributed by atoms with Crippen molar-refractivity contribution in [2.75, 3.05) is 6.79 Å². The third-order valence-electron chi connectivity index (χ3n) is 3.74. The number of benzene rings is 2. The zero-order valence-electron chi connectivity index (χ0n) is 10.6. The number of rotatable bonds is 1. The SMILES string of the molecule is O=S1(=O)Cc2cc3c(cc2C1c1ccccc1)OCO3. The lowest BCUT2D eigenvalue weighted by Crippen LogP contribution is -2.08. The highest BCUT2D eigenvalue weighted by molar-refractivity contribution is 7.91. The summed E-state index contributed by atoms with van der Waals surface area (Å²) < 4.78 is 35.6. The highest BCUT2D eigenvalue weighted by atomic mass is 32.2. The lowest BCUT2D eigenvalue weighted by Gasteiger charge is -2.12. The minimum atomic E-state index is -3.23. The van der Waals surface area contributed by atoms with E-state index in [-0.39, 0.29) is 12.5 Å². The average molecular weight is 288 g/mol. The first-order chi connectivity index (χ1) is 9.65. The molecular weight excluding hydrogens is 276 g/mol. The Morgan fingerprint density at radius 2 is 1.70 bits per heavy atom. The van der Waals surface area contributed by atoms with Crippen LogP contribution in [0.3, 0.4) is 0 Å². The smallest absolute Gasteiger partial charge is 0.231 e. The van der Waals surface area contributed by atoms with Crippen molar-refractivity contribution in [1.82, 2.24) is 0 Å². The lowest BCUT2D eigenvalue weighted by atomic mass is 10.00. The summed E-state index contributed by atoms with van der Waals surface area (Å²) in [7, 11) is -3.23. The summed E-state index contributed by atoms with van der Waals surface area (Å²) in [5.74, 6) is 1.31. The van der Waals surface area contributed by atoms with Crippen molar-refractivity contribution in [2.45, 2.75) is 11.0 Å². The summed E-state index contributed by atoms with van der Waals surface area (Å²) in [6.07, 6.45) is 0. The first-order valence-electron chi connectivity index (χ1n) is 6.34. The second kappa shape index (κ2) is 3.99. The van der Waals surface area contributed by atoms with Crippen molar-refractivity contribution >= 4 is 9.84 Å². The topological polar surface area (TPSA) is 52.6 Å². The third-order valence-corrected chi connectivity index (χ3v) is 5.69.